The van der Waals surface area contributed by atoms with Gasteiger partial charge >= 0.3 is 0 Å². The Bertz CT molecular complexity index is 416. The third-order valence-electron chi connectivity index (χ3n) is 4.16. The minimum absolute atomic E-state index is 0. The second-order valence-corrected chi connectivity index (χ2v) is 6.02. The quantitative estimate of drug-likeness (QED) is 0.877. The summed E-state index contributed by atoms with van der Waals surface area (Å²) in [6.07, 6.45) is 5.38. The van der Waals surface area contributed by atoms with Gasteiger partial charge in [0.1, 0.15) is 0 Å². The van der Waals surface area contributed by atoms with E-state index >= 15 is 0 Å². The van der Waals surface area contributed by atoms with Gasteiger partial charge in [-0.05, 0) is 23.8 Å². The van der Waals surface area contributed by atoms with Crippen molar-refractivity contribution in [3.63, 3.8) is 0 Å². The lowest BCUT2D eigenvalue weighted by atomic mass is 9.89. The van der Waals surface area contributed by atoms with Gasteiger partial charge in [0.15, 0.2) is 0 Å². The molecule has 1 aromatic carbocycles. The van der Waals surface area contributed by atoms with E-state index in [0.717, 1.165) is 12.1 Å². The molecule has 0 aliphatic heterocycles. The molecule has 0 spiro atoms. The molecule has 1 fully saturated rings. The highest BCUT2D eigenvalue weighted by atomic mass is 35.5. The van der Waals surface area contributed by atoms with Crippen molar-refractivity contribution in [3.8, 4) is 0 Å². The van der Waals surface area contributed by atoms with Crippen molar-refractivity contribution < 1.29 is 4.79 Å². The molecule has 1 atom stereocenters. The summed E-state index contributed by atoms with van der Waals surface area (Å²) in [4.78, 5) is 11.9. The Kier molecular flexibility index (Phi) is 6.50. The Balaban J connectivity index is 0.00000200. The molecule has 1 amide bonds. The molecular formula is C16H25ClN2O. The molecule has 0 heterocycles. The number of amides is 1. The topological polar surface area (TPSA) is 55.1 Å². The van der Waals surface area contributed by atoms with Crippen LogP contribution in [0.5, 0.6) is 0 Å². The highest BCUT2D eigenvalue weighted by molar-refractivity contribution is 5.85. The molecule has 3 nitrogen and oxygen atoms in total. The zero-order valence-corrected chi connectivity index (χ0v) is 12.9. The van der Waals surface area contributed by atoms with Crippen molar-refractivity contribution >= 4 is 18.3 Å². The van der Waals surface area contributed by atoms with E-state index in [1.807, 2.05) is 30.3 Å². The lowest BCUT2D eigenvalue weighted by Gasteiger charge is -2.24. The SMILES string of the molecule is CC1(CNC(=O)CC(N)c2ccccc2)CCCC1.Cl. The van der Waals surface area contributed by atoms with Crippen molar-refractivity contribution in [3.05, 3.63) is 35.9 Å². The summed E-state index contributed by atoms with van der Waals surface area (Å²) in [5, 5.41) is 3.05. The van der Waals surface area contributed by atoms with Gasteiger partial charge in [-0.15, -0.1) is 12.4 Å². The predicted molar refractivity (Wildman–Crippen MR) is 84.8 cm³/mol. The maximum atomic E-state index is 11.9. The highest BCUT2D eigenvalue weighted by Gasteiger charge is 2.28. The molecule has 1 aromatic rings. The lowest BCUT2D eigenvalue weighted by Crippen LogP contribution is -2.35. The molecule has 1 aliphatic rings. The number of benzene rings is 1. The van der Waals surface area contributed by atoms with Gasteiger partial charge in [0.05, 0.1) is 0 Å². The van der Waals surface area contributed by atoms with Gasteiger partial charge in [0, 0.05) is 19.0 Å². The second kappa shape index (κ2) is 7.65. The highest BCUT2D eigenvalue weighted by Crippen LogP contribution is 2.36. The number of hydrogen-bond donors (Lipinski definition) is 2. The Morgan fingerprint density at radius 3 is 2.50 bits per heavy atom. The molecule has 1 unspecified atom stereocenters. The molecule has 0 bridgehead atoms. The summed E-state index contributed by atoms with van der Waals surface area (Å²) in [6, 6.07) is 9.58. The predicted octanol–water partition coefficient (Wildman–Crippen LogP) is 3.19. The molecule has 0 radical (unpaired) electrons. The first-order valence-electron chi connectivity index (χ1n) is 7.16. The van der Waals surface area contributed by atoms with Gasteiger partial charge in [-0.1, -0.05) is 50.1 Å². The molecule has 20 heavy (non-hydrogen) atoms. The Labute approximate surface area is 127 Å². The van der Waals surface area contributed by atoms with Gasteiger partial charge in [-0.25, -0.2) is 0 Å². The Hall–Kier alpha value is -1.06. The number of nitrogens with two attached hydrogens (primary N) is 1. The summed E-state index contributed by atoms with van der Waals surface area (Å²) in [5.74, 6) is 0.0597. The van der Waals surface area contributed by atoms with E-state index in [4.69, 9.17) is 5.73 Å². The van der Waals surface area contributed by atoms with Crippen molar-refractivity contribution in [2.45, 2.75) is 45.1 Å². The molecule has 4 heteroatoms. The van der Waals surface area contributed by atoms with Crippen molar-refractivity contribution in [1.82, 2.24) is 5.32 Å². The lowest BCUT2D eigenvalue weighted by molar-refractivity contribution is -0.121. The van der Waals surface area contributed by atoms with Gasteiger partial charge in [-0.2, -0.15) is 0 Å². The van der Waals surface area contributed by atoms with E-state index in [9.17, 15) is 4.79 Å². The van der Waals surface area contributed by atoms with Crippen LogP contribution in [-0.2, 0) is 4.79 Å². The number of hydrogen-bond acceptors (Lipinski definition) is 2. The monoisotopic (exact) mass is 296 g/mol. The smallest absolute Gasteiger partial charge is 0.221 e. The minimum atomic E-state index is -0.211. The summed E-state index contributed by atoms with van der Waals surface area (Å²) < 4.78 is 0. The van der Waals surface area contributed by atoms with Crippen LogP contribution in [0.2, 0.25) is 0 Å². The van der Waals surface area contributed by atoms with Crippen molar-refractivity contribution in [1.29, 1.82) is 0 Å². The average molecular weight is 297 g/mol. The summed E-state index contributed by atoms with van der Waals surface area (Å²) in [7, 11) is 0. The minimum Gasteiger partial charge on any atom is -0.355 e. The summed E-state index contributed by atoms with van der Waals surface area (Å²) in [5.41, 5.74) is 7.37. The van der Waals surface area contributed by atoms with E-state index in [1.54, 1.807) is 0 Å². The van der Waals surface area contributed by atoms with Crippen LogP contribution >= 0.6 is 12.4 Å². The van der Waals surface area contributed by atoms with Crippen molar-refractivity contribution in [2.75, 3.05) is 6.54 Å². The first-order chi connectivity index (χ1) is 9.09. The first kappa shape index (κ1) is 17.0. The second-order valence-electron chi connectivity index (χ2n) is 6.02. The largest absolute Gasteiger partial charge is 0.355 e. The van der Waals surface area contributed by atoms with E-state index in [0.29, 0.717) is 11.8 Å². The number of carbonyl (C=O) groups excluding carboxylic acids is 1. The van der Waals surface area contributed by atoms with Crippen LogP contribution in [0.15, 0.2) is 30.3 Å². The molecule has 3 N–H and O–H groups in total. The van der Waals surface area contributed by atoms with Gasteiger partial charge in [-0.3, -0.25) is 4.79 Å². The third kappa shape index (κ3) is 4.80. The fourth-order valence-corrected chi connectivity index (χ4v) is 2.81. The molecular weight excluding hydrogens is 272 g/mol. The Morgan fingerprint density at radius 1 is 1.30 bits per heavy atom. The van der Waals surface area contributed by atoms with Crippen LogP contribution in [0, 0.1) is 5.41 Å². The zero-order valence-electron chi connectivity index (χ0n) is 12.1. The molecule has 1 saturated carbocycles. The van der Waals surface area contributed by atoms with Crippen LogP contribution in [-0.4, -0.2) is 12.5 Å². The number of halogens is 1. The van der Waals surface area contributed by atoms with Crippen LogP contribution in [0.25, 0.3) is 0 Å². The molecule has 112 valence electrons. The van der Waals surface area contributed by atoms with Crippen LogP contribution in [0.4, 0.5) is 0 Å². The molecule has 2 rings (SSSR count). The van der Waals surface area contributed by atoms with Gasteiger partial charge in [0.25, 0.3) is 0 Å². The Morgan fingerprint density at radius 2 is 1.90 bits per heavy atom. The first-order valence-corrected chi connectivity index (χ1v) is 7.16. The zero-order chi connectivity index (χ0) is 13.7. The summed E-state index contributed by atoms with van der Waals surface area (Å²) >= 11 is 0. The van der Waals surface area contributed by atoms with Gasteiger partial charge < -0.3 is 11.1 Å². The number of rotatable bonds is 5. The molecule has 1 aliphatic carbocycles. The maximum absolute atomic E-state index is 11.9. The van der Waals surface area contributed by atoms with E-state index in [-0.39, 0.29) is 24.4 Å². The van der Waals surface area contributed by atoms with Crippen LogP contribution in [0.3, 0.4) is 0 Å². The fraction of sp³-hybridized carbons (Fsp3) is 0.562. The normalized spacial score (nSPS) is 18.1. The van der Waals surface area contributed by atoms with Crippen molar-refractivity contribution in [2.24, 2.45) is 11.1 Å². The number of nitrogens with one attached hydrogen (secondary N) is 1. The molecule has 0 saturated heterocycles. The molecule has 0 aromatic heterocycles. The van der Waals surface area contributed by atoms with E-state index in [2.05, 4.69) is 12.2 Å². The third-order valence-corrected chi connectivity index (χ3v) is 4.16. The standard InChI is InChI=1S/C16H24N2O.ClH/c1-16(9-5-6-10-16)12-18-15(19)11-14(17)13-7-3-2-4-8-13;/h2-4,7-8,14H,5-6,9-12,17H2,1H3,(H,18,19);1H. The average Bonchev–Trinajstić information content (AvgIpc) is 2.85. The van der Waals surface area contributed by atoms with Gasteiger partial charge in [0.2, 0.25) is 5.91 Å². The van der Waals surface area contributed by atoms with Crippen LogP contribution in [0.1, 0.15) is 50.6 Å². The van der Waals surface area contributed by atoms with Crippen LogP contribution < -0.4 is 11.1 Å². The maximum Gasteiger partial charge on any atom is 0.221 e. The van der Waals surface area contributed by atoms with E-state index < -0.39 is 0 Å². The fourth-order valence-electron chi connectivity index (χ4n) is 2.81. The number of carbonyl (C=O) groups is 1. The summed E-state index contributed by atoms with van der Waals surface area (Å²) in [6.45, 7) is 3.05. The van der Waals surface area contributed by atoms with E-state index in [1.165, 1.54) is 25.7 Å².